The number of carbonyl (C=O) groups excluding carboxylic acids is 1. The molecule has 0 unspecified atom stereocenters. The number of ether oxygens (including phenoxy) is 2. The molecule has 0 spiro atoms. The Morgan fingerprint density at radius 2 is 1.95 bits per heavy atom. The fourth-order valence-corrected chi connectivity index (χ4v) is 1.52. The van der Waals surface area contributed by atoms with Gasteiger partial charge >= 0.3 is 14.7 Å². The summed E-state index contributed by atoms with van der Waals surface area (Å²) in [6, 6.07) is 0. The van der Waals surface area contributed by atoms with E-state index in [1.807, 2.05) is 14.1 Å². The monoisotopic (exact) mass is 323 g/mol. The van der Waals surface area contributed by atoms with E-state index in [1.54, 1.807) is 0 Å². The molecule has 0 saturated heterocycles. The van der Waals surface area contributed by atoms with Crippen LogP contribution in [0.15, 0.2) is 0 Å². The van der Waals surface area contributed by atoms with Gasteiger partial charge in [0.25, 0.3) is 0 Å². The third-order valence-corrected chi connectivity index (χ3v) is 2.96. The molecule has 1 amide bonds. The van der Waals surface area contributed by atoms with Crippen molar-refractivity contribution in [1.29, 1.82) is 0 Å². The van der Waals surface area contributed by atoms with Crippen LogP contribution in [0.2, 0.25) is 0 Å². The number of terminal acetylenes is 1. The molecule has 21 heavy (non-hydrogen) atoms. The molecule has 0 atom stereocenters. The number of likely N-dealkylation sites (N-methyl/N-ethyl adjacent to an activating group) is 1. The maximum absolute atomic E-state index is 11.0. The molecule has 3 N–H and O–H groups in total. The van der Waals surface area contributed by atoms with E-state index in [9.17, 15) is 4.79 Å². The van der Waals surface area contributed by atoms with Gasteiger partial charge in [0.2, 0.25) is 0 Å². The zero-order chi connectivity index (χ0) is 16.1. The second kappa shape index (κ2) is 11.7. The van der Waals surface area contributed by atoms with Gasteiger partial charge in [-0.2, -0.15) is 0 Å². The van der Waals surface area contributed by atoms with Gasteiger partial charge in [-0.15, -0.1) is 6.42 Å². The molecule has 0 aromatic carbocycles. The minimum Gasteiger partial charge on any atom is -0.436 e. The molecule has 0 fully saturated rings. The lowest BCUT2D eigenvalue weighted by Gasteiger charge is -2.29. The number of carbonyl (C=O) groups is 1. The molecule has 0 aromatic rings. The van der Waals surface area contributed by atoms with Crippen LogP contribution in [0, 0.1) is 12.3 Å². The highest BCUT2D eigenvalue weighted by molar-refractivity contribution is 7.39. The Labute approximate surface area is 126 Å². The average molecular weight is 323 g/mol. The van der Waals surface area contributed by atoms with E-state index in [4.69, 9.17) is 25.5 Å². The van der Waals surface area contributed by atoms with Crippen molar-refractivity contribution < 1.29 is 33.1 Å². The lowest BCUT2D eigenvalue weighted by Crippen LogP contribution is -2.44. The Kier molecular flexibility index (Phi) is 11.2. The molecule has 0 aliphatic heterocycles. The molecule has 0 aliphatic rings. The van der Waals surface area contributed by atoms with E-state index in [1.165, 1.54) is 0 Å². The van der Waals surface area contributed by atoms with E-state index in [-0.39, 0.29) is 13.2 Å². The number of alkyl carbamates (subject to hydrolysis) is 1. The lowest BCUT2D eigenvalue weighted by molar-refractivity contribution is -0.890. The van der Waals surface area contributed by atoms with Crippen LogP contribution in [0.4, 0.5) is 4.79 Å². The van der Waals surface area contributed by atoms with Gasteiger partial charge in [0.1, 0.15) is 19.7 Å². The number of quaternary nitrogens is 1. The molecule has 122 valence electrons. The third kappa shape index (κ3) is 13.8. The number of rotatable bonds is 11. The number of hydrogen-bond acceptors (Lipinski definition) is 6. The minimum atomic E-state index is -2.29. The lowest BCUT2D eigenvalue weighted by atomic mass is 10.4. The first-order chi connectivity index (χ1) is 9.87. The normalized spacial score (nSPS) is 11.2. The highest BCUT2D eigenvalue weighted by Gasteiger charge is 2.15. The number of nitrogens with zero attached hydrogens (tertiary/aromatic N) is 1. The number of nitrogens with one attached hydrogen (secondary N) is 1. The predicted octanol–water partition coefficient (Wildman–Crippen LogP) is -0.333. The summed E-state index contributed by atoms with van der Waals surface area (Å²) in [4.78, 5) is 28.3. The van der Waals surface area contributed by atoms with Crippen LogP contribution in [0.5, 0.6) is 0 Å². The summed E-state index contributed by atoms with van der Waals surface area (Å²) in [6.45, 7) is 2.83. The molecule has 0 bridgehead atoms. The fourth-order valence-electron chi connectivity index (χ4n) is 1.28. The largest absolute Gasteiger partial charge is 0.436 e. The van der Waals surface area contributed by atoms with Crippen LogP contribution in [0.1, 0.15) is 0 Å². The summed E-state index contributed by atoms with van der Waals surface area (Å²) in [6.07, 6.45) is 4.39. The van der Waals surface area contributed by atoms with Gasteiger partial charge in [-0.25, -0.2) is 4.79 Å². The van der Waals surface area contributed by atoms with Gasteiger partial charge in [-0.05, 0) is 0 Å². The standard InChI is InChI=1S/C12H23N2O6P/c1-4-8-19-12(15)13-5-9-18-10-6-14(2,3)7-11-20-21(16)17/h1,16-17H,5-11H2,2-3H3/p+1. The molecule has 0 aliphatic carbocycles. The Hall–Kier alpha value is -0.940. The van der Waals surface area contributed by atoms with Crippen molar-refractivity contribution in [3.63, 3.8) is 0 Å². The van der Waals surface area contributed by atoms with E-state index in [0.717, 1.165) is 6.54 Å². The summed E-state index contributed by atoms with van der Waals surface area (Å²) in [7, 11) is 1.68. The predicted molar refractivity (Wildman–Crippen MR) is 78.2 cm³/mol. The molecule has 0 radical (unpaired) electrons. The Bertz CT molecular complexity index is 332. The van der Waals surface area contributed by atoms with Crippen molar-refractivity contribution in [2.75, 3.05) is 60.2 Å². The van der Waals surface area contributed by atoms with Crippen LogP contribution in [0.25, 0.3) is 0 Å². The van der Waals surface area contributed by atoms with E-state index < -0.39 is 14.7 Å². The number of hydrogen-bond donors (Lipinski definition) is 3. The van der Waals surface area contributed by atoms with Gasteiger partial charge in [0.05, 0.1) is 27.3 Å². The highest BCUT2D eigenvalue weighted by atomic mass is 31.2. The minimum absolute atomic E-state index is 0.0513. The summed E-state index contributed by atoms with van der Waals surface area (Å²) in [5.41, 5.74) is 0. The maximum Gasteiger partial charge on any atom is 0.408 e. The molecule has 9 heteroatoms. The van der Waals surface area contributed by atoms with Crippen LogP contribution in [0.3, 0.4) is 0 Å². The molecular formula is C12H24N2O6P+. The summed E-state index contributed by atoms with van der Waals surface area (Å²) >= 11 is 0. The fraction of sp³-hybridized carbons (Fsp3) is 0.750. The highest BCUT2D eigenvalue weighted by Crippen LogP contribution is 2.23. The molecule has 8 nitrogen and oxygen atoms in total. The number of amides is 1. The van der Waals surface area contributed by atoms with Crippen LogP contribution >= 0.6 is 8.60 Å². The first-order valence-corrected chi connectivity index (χ1v) is 7.58. The topological polar surface area (TPSA) is 97.3 Å². The Balaban J connectivity index is 3.52. The van der Waals surface area contributed by atoms with Gasteiger partial charge in [0, 0.05) is 6.54 Å². The van der Waals surface area contributed by atoms with Gasteiger partial charge in [-0.3, -0.25) is 0 Å². The van der Waals surface area contributed by atoms with Gasteiger partial charge < -0.3 is 33.6 Å². The van der Waals surface area contributed by atoms with Crippen molar-refractivity contribution in [3.8, 4) is 12.3 Å². The van der Waals surface area contributed by atoms with Crippen LogP contribution in [-0.2, 0) is 14.0 Å². The maximum atomic E-state index is 11.0. The van der Waals surface area contributed by atoms with Crippen molar-refractivity contribution in [2.24, 2.45) is 0 Å². The van der Waals surface area contributed by atoms with Gasteiger partial charge in [-0.1, -0.05) is 5.92 Å². The third-order valence-electron chi connectivity index (χ3n) is 2.55. The zero-order valence-corrected chi connectivity index (χ0v) is 13.3. The second-order valence-electron chi connectivity index (χ2n) is 4.79. The Morgan fingerprint density at radius 1 is 1.29 bits per heavy atom. The molecule has 0 saturated carbocycles. The molecular weight excluding hydrogens is 299 g/mol. The summed E-state index contributed by atoms with van der Waals surface area (Å²) in [5, 5.41) is 2.50. The Morgan fingerprint density at radius 3 is 2.57 bits per heavy atom. The quantitative estimate of drug-likeness (QED) is 0.208. The van der Waals surface area contributed by atoms with Crippen molar-refractivity contribution >= 4 is 14.7 Å². The smallest absolute Gasteiger partial charge is 0.408 e. The molecule has 0 heterocycles. The summed E-state index contributed by atoms with van der Waals surface area (Å²) < 4.78 is 15.4. The molecule has 0 aromatic heterocycles. The first kappa shape index (κ1) is 20.1. The van der Waals surface area contributed by atoms with E-state index >= 15 is 0 Å². The van der Waals surface area contributed by atoms with Crippen LogP contribution in [-0.4, -0.2) is 80.5 Å². The van der Waals surface area contributed by atoms with Crippen molar-refractivity contribution in [2.45, 2.75) is 0 Å². The van der Waals surface area contributed by atoms with E-state index in [0.29, 0.717) is 30.8 Å². The van der Waals surface area contributed by atoms with E-state index in [2.05, 4.69) is 16.0 Å². The molecule has 0 rings (SSSR count). The summed E-state index contributed by atoms with van der Waals surface area (Å²) in [5.74, 6) is 2.19. The average Bonchev–Trinajstić information content (AvgIpc) is 2.39. The van der Waals surface area contributed by atoms with Crippen molar-refractivity contribution in [3.05, 3.63) is 0 Å². The zero-order valence-electron chi connectivity index (χ0n) is 12.4. The van der Waals surface area contributed by atoms with Crippen molar-refractivity contribution in [1.82, 2.24) is 5.32 Å². The van der Waals surface area contributed by atoms with Crippen LogP contribution < -0.4 is 5.32 Å². The first-order valence-electron chi connectivity index (χ1n) is 6.42. The van der Waals surface area contributed by atoms with Gasteiger partial charge in [0.15, 0.2) is 6.61 Å². The second-order valence-corrected chi connectivity index (χ2v) is 5.55. The SMILES string of the molecule is C#CCOC(=O)NCCOCC[N+](C)(C)CCOP(O)O.